The van der Waals surface area contributed by atoms with Crippen LogP contribution < -0.4 is 5.43 Å². The lowest BCUT2D eigenvalue weighted by Crippen LogP contribution is -2.33. The molecule has 0 aliphatic carbocycles. The first-order chi connectivity index (χ1) is 13.4. The molecule has 4 nitrogen and oxygen atoms in total. The second-order valence-corrected chi connectivity index (χ2v) is 8.71. The number of nitrogens with zero attached hydrogens (tertiary/aromatic N) is 1. The van der Waals surface area contributed by atoms with E-state index in [0.717, 1.165) is 29.5 Å². The van der Waals surface area contributed by atoms with Crippen LogP contribution in [-0.2, 0) is 6.54 Å². The van der Waals surface area contributed by atoms with Crippen molar-refractivity contribution < 1.29 is 9.52 Å². The molecule has 1 saturated heterocycles. The van der Waals surface area contributed by atoms with Gasteiger partial charge in [0.1, 0.15) is 17.1 Å². The summed E-state index contributed by atoms with van der Waals surface area (Å²) >= 11 is 3.43. The zero-order chi connectivity index (χ0) is 19.8. The fourth-order valence-corrected chi connectivity index (χ4v) is 4.43. The van der Waals surface area contributed by atoms with Gasteiger partial charge >= 0.3 is 0 Å². The normalized spacial score (nSPS) is 17.9. The van der Waals surface area contributed by atoms with Crippen molar-refractivity contribution in [1.29, 1.82) is 0 Å². The quantitative estimate of drug-likeness (QED) is 0.585. The molecule has 2 heterocycles. The molecule has 1 N–H and O–H groups in total. The van der Waals surface area contributed by atoms with Gasteiger partial charge in [0.2, 0.25) is 5.43 Å². The van der Waals surface area contributed by atoms with Crippen molar-refractivity contribution in [3.63, 3.8) is 0 Å². The minimum Gasteiger partial charge on any atom is -0.507 e. The third-order valence-corrected chi connectivity index (χ3v) is 6.10. The van der Waals surface area contributed by atoms with Gasteiger partial charge in [0.25, 0.3) is 0 Å². The van der Waals surface area contributed by atoms with E-state index in [4.69, 9.17) is 4.42 Å². The zero-order valence-electron chi connectivity index (χ0n) is 16.2. The second kappa shape index (κ2) is 7.72. The van der Waals surface area contributed by atoms with Crippen LogP contribution >= 0.6 is 15.9 Å². The first kappa shape index (κ1) is 19.2. The molecule has 1 aliphatic rings. The summed E-state index contributed by atoms with van der Waals surface area (Å²) in [5.74, 6) is 1.40. The number of fused-ring (bicyclic) bond motifs is 1. The zero-order valence-corrected chi connectivity index (χ0v) is 17.8. The molecule has 1 atom stereocenters. The number of benzene rings is 2. The van der Waals surface area contributed by atoms with Crippen molar-refractivity contribution in [2.45, 2.75) is 33.2 Å². The summed E-state index contributed by atoms with van der Waals surface area (Å²) < 4.78 is 7.10. The van der Waals surface area contributed by atoms with Crippen molar-refractivity contribution in [3.8, 4) is 16.9 Å². The Morgan fingerprint density at radius 2 is 1.96 bits per heavy atom. The summed E-state index contributed by atoms with van der Waals surface area (Å²) in [4.78, 5) is 15.6. The van der Waals surface area contributed by atoms with E-state index in [0.29, 0.717) is 40.3 Å². The van der Waals surface area contributed by atoms with E-state index in [2.05, 4.69) is 27.8 Å². The molecule has 1 fully saturated rings. The van der Waals surface area contributed by atoms with Crippen molar-refractivity contribution in [3.05, 3.63) is 62.4 Å². The maximum atomic E-state index is 13.3. The highest BCUT2D eigenvalue weighted by atomic mass is 79.9. The van der Waals surface area contributed by atoms with Crippen LogP contribution in [0.15, 0.2) is 50.1 Å². The molecule has 0 bridgehead atoms. The van der Waals surface area contributed by atoms with E-state index < -0.39 is 0 Å². The van der Waals surface area contributed by atoms with Gasteiger partial charge in [0.15, 0.2) is 0 Å². The molecule has 0 amide bonds. The molecule has 1 aromatic heterocycles. The predicted octanol–water partition coefficient (Wildman–Crippen LogP) is 5.47. The van der Waals surface area contributed by atoms with Gasteiger partial charge in [-0.3, -0.25) is 9.69 Å². The molecule has 1 aliphatic heterocycles. The number of phenols is 1. The average Bonchev–Trinajstić information content (AvgIpc) is 2.66. The molecule has 2 aromatic carbocycles. The molecule has 146 valence electrons. The van der Waals surface area contributed by atoms with Crippen LogP contribution in [0.3, 0.4) is 0 Å². The van der Waals surface area contributed by atoms with Crippen molar-refractivity contribution in [2.75, 3.05) is 13.1 Å². The highest BCUT2D eigenvalue weighted by Gasteiger charge is 2.22. The van der Waals surface area contributed by atoms with Gasteiger partial charge in [-0.2, -0.15) is 0 Å². The van der Waals surface area contributed by atoms with E-state index >= 15 is 0 Å². The van der Waals surface area contributed by atoms with Gasteiger partial charge < -0.3 is 9.52 Å². The number of aromatic hydroxyl groups is 1. The number of hydrogen-bond acceptors (Lipinski definition) is 4. The second-order valence-electron chi connectivity index (χ2n) is 7.79. The minimum absolute atomic E-state index is 0.0608. The summed E-state index contributed by atoms with van der Waals surface area (Å²) in [6.45, 7) is 6.66. The summed E-state index contributed by atoms with van der Waals surface area (Å²) in [6, 6.07) is 10.9. The SMILES string of the molecule is Cc1oc2c(CN3CCCC(C)C3)c(O)ccc2c(=O)c1-c1ccc(Br)cc1. The number of phenolic OH excluding ortho intramolecular Hbond substituents is 1. The van der Waals surface area contributed by atoms with Crippen LogP contribution in [0, 0.1) is 12.8 Å². The number of aryl methyl sites for hydroxylation is 1. The maximum Gasteiger partial charge on any atom is 0.200 e. The monoisotopic (exact) mass is 441 g/mol. The van der Waals surface area contributed by atoms with E-state index in [1.54, 1.807) is 12.1 Å². The van der Waals surface area contributed by atoms with Crippen LogP contribution in [0.4, 0.5) is 0 Å². The summed E-state index contributed by atoms with van der Waals surface area (Å²) in [5, 5.41) is 11.0. The molecule has 3 aromatic rings. The molecule has 28 heavy (non-hydrogen) atoms. The third-order valence-electron chi connectivity index (χ3n) is 5.57. The highest BCUT2D eigenvalue weighted by molar-refractivity contribution is 9.10. The van der Waals surface area contributed by atoms with Crippen molar-refractivity contribution in [2.24, 2.45) is 5.92 Å². The topological polar surface area (TPSA) is 53.7 Å². The van der Waals surface area contributed by atoms with Gasteiger partial charge in [0.05, 0.1) is 16.5 Å². The van der Waals surface area contributed by atoms with Crippen LogP contribution in [-0.4, -0.2) is 23.1 Å². The summed E-state index contributed by atoms with van der Waals surface area (Å²) in [5.41, 5.74) is 2.55. The summed E-state index contributed by atoms with van der Waals surface area (Å²) in [6.07, 6.45) is 2.39. The largest absolute Gasteiger partial charge is 0.507 e. The Kier molecular flexibility index (Phi) is 5.30. The molecule has 5 heteroatoms. The number of piperidine rings is 1. The average molecular weight is 442 g/mol. The fraction of sp³-hybridized carbons (Fsp3) is 0.348. The number of halogens is 1. The van der Waals surface area contributed by atoms with Gasteiger partial charge in [-0.05, 0) is 62.1 Å². The lowest BCUT2D eigenvalue weighted by atomic mass is 9.98. The standard InChI is InChI=1S/C23H24BrNO3/c1-14-4-3-11-25(12-14)13-19-20(26)10-9-18-22(27)21(15(2)28-23(18)19)16-5-7-17(24)8-6-16/h5-10,14,26H,3-4,11-13H2,1-2H3. The van der Waals surface area contributed by atoms with Crippen LogP contribution in [0.1, 0.15) is 31.1 Å². The number of likely N-dealkylation sites (tertiary alicyclic amines) is 1. The Hall–Kier alpha value is -2.11. The van der Waals surface area contributed by atoms with Gasteiger partial charge in [-0.25, -0.2) is 0 Å². The third kappa shape index (κ3) is 3.61. The Bertz CT molecular complexity index is 1070. The molecule has 0 radical (unpaired) electrons. The fourth-order valence-electron chi connectivity index (χ4n) is 4.17. The Morgan fingerprint density at radius 1 is 1.21 bits per heavy atom. The van der Waals surface area contributed by atoms with E-state index in [9.17, 15) is 9.90 Å². The van der Waals surface area contributed by atoms with Gasteiger partial charge in [0, 0.05) is 17.6 Å². The van der Waals surface area contributed by atoms with Crippen LogP contribution in [0.5, 0.6) is 5.75 Å². The Balaban J connectivity index is 1.83. The molecular weight excluding hydrogens is 418 g/mol. The van der Waals surface area contributed by atoms with E-state index in [1.165, 1.54) is 6.42 Å². The first-order valence-electron chi connectivity index (χ1n) is 9.70. The van der Waals surface area contributed by atoms with Crippen molar-refractivity contribution >= 4 is 26.9 Å². The lowest BCUT2D eigenvalue weighted by molar-refractivity contribution is 0.175. The highest BCUT2D eigenvalue weighted by Crippen LogP contribution is 2.32. The van der Waals surface area contributed by atoms with E-state index in [-0.39, 0.29) is 11.2 Å². The minimum atomic E-state index is -0.0608. The van der Waals surface area contributed by atoms with Crippen LogP contribution in [0.2, 0.25) is 0 Å². The maximum absolute atomic E-state index is 13.3. The van der Waals surface area contributed by atoms with Crippen molar-refractivity contribution in [1.82, 2.24) is 4.90 Å². The Labute approximate surface area is 172 Å². The van der Waals surface area contributed by atoms with Gasteiger partial charge in [-0.1, -0.05) is 35.0 Å². The Morgan fingerprint density at radius 3 is 2.68 bits per heavy atom. The summed E-state index contributed by atoms with van der Waals surface area (Å²) in [7, 11) is 0. The smallest absolute Gasteiger partial charge is 0.200 e. The molecule has 1 unspecified atom stereocenters. The molecular formula is C23H24BrNO3. The molecule has 0 saturated carbocycles. The van der Waals surface area contributed by atoms with Gasteiger partial charge in [-0.15, -0.1) is 0 Å². The molecule has 4 rings (SSSR count). The lowest BCUT2D eigenvalue weighted by Gasteiger charge is -2.31. The number of rotatable bonds is 3. The first-order valence-corrected chi connectivity index (χ1v) is 10.5. The van der Waals surface area contributed by atoms with E-state index in [1.807, 2.05) is 31.2 Å². The van der Waals surface area contributed by atoms with Crippen LogP contribution in [0.25, 0.3) is 22.1 Å². The number of hydrogen-bond donors (Lipinski definition) is 1. The molecule has 0 spiro atoms. The predicted molar refractivity (Wildman–Crippen MR) is 116 cm³/mol.